The first kappa shape index (κ1) is 20.6. The van der Waals surface area contributed by atoms with E-state index in [0.717, 1.165) is 12.8 Å². The van der Waals surface area contributed by atoms with Crippen molar-refractivity contribution in [3.8, 4) is 0 Å². The van der Waals surface area contributed by atoms with E-state index in [4.69, 9.17) is 0 Å². The molecular formula is C14H26Pt. The summed E-state index contributed by atoms with van der Waals surface area (Å²) in [5.74, 6) is 0. The van der Waals surface area contributed by atoms with Crippen LogP contribution in [-0.4, -0.2) is 0 Å². The van der Waals surface area contributed by atoms with Crippen LogP contribution >= 0.6 is 0 Å². The molecule has 0 fully saturated rings. The van der Waals surface area contributed by atoms with Crippen molar-refractivity contribution in [2.24, 2.45) is 10.8 Å². The molecule has 0 rings (SSSR count). The molecule has 1 heteroatoms. The van der Waals surface area contributed by atoms with Gasteiger partial charge in [0.25, 0.3) is 0 Å². The van der Waals surface area contributed by atoms with Gasteiger partial charge in [-0.15, -0.1) is 13.2 Å². The van der Waals surface area contributed by atoms with Crippen molar-refractivity contribution in [2.45, 2.75) is 40.5 Å². The standard InChI is InChI=1S/2C7H13.Pt/c2*1-5-7(3,4)6-2;/h2*5H,1-2,6H2,3-4H3;/q2*-1;+2. The SMILES string of the molecule is C=CC(C)(C)C[CH2-].C=CC(C)(C)C[CH2-].[Pt+2]. The molecule has 0 saturated heterocycles. The maximum absolute atomic E-state index is 3.76. The molecule has 0 amide bonds. The van der Waals surface area contributed by atoms with Crippen molar-refractivity contribution < 1.29 is 21.1 Å². The molecule has 0 unspecified atom stereocenters. The summed E-state index contributed by atoms with van der Waals surface area (Å²) in [6, 6.07) is 0. The van der Waals surface area contributed by atoms with Crippen molar-refractivity contribution in [1.29, 1.82) is 0 Å². The van der Waals surface area contributed by atoms with Gasteiger partial charge in [0, 0.05) is 0 Å². The second-order valence-electron chi connectivity index (χ2n) is 4.89. The first-order valence-electron chi connectivity index (χ1n) is 5.10. The third-order valence-corrected chi connectivity index (χ3v) is 2.39. The van der Waals surface area contributed by atoms with E-state index in [1.807, 2.05) is 12.2 Å². The normalized spacial score (nSPS) is 10.5. The largest absolute Gasteiger partial charge is 2.00 e. The summed E-state index contributed by atoms with van der Waals surface area (Å²) in [6.07, 6.45) is 5.72. The molecule has 0 bridgehead atoms. The summed E-state index contributed by atoms with van der Waals surface area (Å²) in [5.41, 5.74) is 0.472. The van der Waals surface area contributed by atoms with Gasteiger partial charge in [-0.25, -0.2) is 0 Å². The Labute approximate surface area is 111 Å². The van der Waals surface area contributed by atoms with E-state index in [9.17, 15) is 0 Å². The molecule has 0 aliphatic rings. The predicted molar refractivity (Wildman–Crippen MR) is 67.9 cm³/mol. The molecule has 0 aromatic heterocycles. The van der Waals surface area contributed by atoms with Gasteiger partial charge in [0.15, 0.2) is 0 Å². The van der Waals surface area contributed by atoms with Crippen LogP contribution in [-0.2, 0) is 21.1 Å². The van der Waals surface area contributed by atoms with Gasteiger partial charge in [0.05, 0.1) is 0 Å². The average Bonchev–Trinajstić information content (AvgIpc) is 2.19. The molecule has 0 aliphatic heterocycles. The summed E-state index contributed by atoms with van der Waals surface area (Å²) in [4.78, 5) is 0. The molecule has 0 N–H and O–H groups in total. The van der Waals surface area contributed by atoms with Gasteiger partial charge in [-0.2, -0.15) is 12.8 Å². The van der Waals surface area contributed by atoms with E-state index >= 15 is 0 Å². The molecule has 0 spiro atoms. The van der Waals surface area contributed by atoms with Crippen LogP contribution in [0.1, 0.15) is 40.5 Å². The fourth-order valence-corrected chi connectivity index (χ4v) is 0.204. The third-order valence-electron chi connectivity index (χ3n) is 2.39. The van der Waals surface area contributed by atoms with Crippen LogP contribution in [0.15, 0.2) is 25.3 Å². The monoisotopic (exact) mass is 389 g/mol. The Morgan fingerprint density at radius 3 is 1.07 bits per heavy atom. The fraction of sp³-hybridized carbons (Fsp3) is 0.571. The van der Waals surface area contributed by atoms with Crippen LogP contribution in [0.5, 0.6) is 0 Å². The maximum Gasteiger partial charge on any atom is 2.00 e. The van der Waals surface area contributed by atoms with Gasteiger partial charge >= 0.3 is 21.1 Å². The van der Waals surface area contributed by atoms with Gasteiger partial charge in [0.2, 0.25) is 0 Å². The minimum absolute atomic E-state index is 0. The molecule has 0 aromatic rings. The second-order valence-corrected chi connectivity index (χ2v) is 4.89. The molecule has 0 radical (unpaired) electrons. The van der Waals surface area contributed by atoms with Crippen LogP contribution in [0.25, 0.3) is 0 Å². The van der Waals surface area contributed by atoms with Crippen LogP contribution in [0, 0.1) is 24.7 Å². The molecule has 0 nitrogen and oxygen atoms in total. The van der Waals surface area contributed by atoms with Crippen molar-refractivity contribution in [2.75, 3.05) is 0 Å². The summed E-state index contributed by atoms with van der Waals surface area (Å²) < 4.78 is 0. The number of hydrogen-bond donors (Lipinski definition) is 0. The molecule has 0 atom stereocenters. The Balaban J connectivity index is -0.000000180. The smallest absolute Gasteiger partial charge is 0.343 e. The van der Waals surface area contributed by atoms with Crippen LogP contribution in [0.3, 0.4) is 0 Å². The Hall–Kier alpha value is 0.168. The summed E-state index contributed by atoms with van der Waals surface area (Å²) in [6.45, 7) is 23.3. The van der Waals surface area contributed by atoms with E-state index in [-0.39, 0.29) is 31.9 Å². The topological polar surface area (TPSA) is 0 Å². The minimum Gasteiger partial charge on any atom is -0.343 e. The zero-order valence-electron chi connectivity index (χ0n) is 10.7. The summed E-state index contributed by atoms with van der Waals surface area (Å²) >= 11 is 0. The third kappa shape index (κ3) is 14.2. The first-order chi connectivity index (χ1) is 6.24. The van der Waals surface area contributed by atoms with E-state index < -0.39 is 0 Å². The zero-order valence-corrected chi connectivity index (χ0v) is 13.0. The number of rotatable bonds is 4. The molecule has 15 heavy (non-hydrogen) atoms. The minimum atomic E-state index is 0. The van der Waals surface area contributed by atoms with Gasteiger partial charge in [-0.1, -0.05) is 39.8 Å². The van der Waals surface area contributed by atoms with E-state index in [1.165, 1.54) is 0 Å². The average molecular weight is 389 g/mol. The van der Waals surface area contributed by atoms with Crippen molar-refractivity contribution in [3.05, 3.63) is 39.2 Å². The Kier molecular flexibility index (Phi) is 12.9. The summed E-state index contributed by atoms with van der Waals surface area (Å²) in [5, 5.41) is 0. The first-order valence-corrected chi connectivity index (χ1v) is 5.10. The quantitative estimate of drug-likeness (QED) is 0.477. The molecule has 0 heterocycles. The fourth-order valence-electron chi connectivity index (χ4n) is 0.204. The molecular weight excluding hydrogens is 363 g/mol. The van der Waals surface area contributed by atoms with Gasteiger partial charge < -0.3 is 13.8 Å². The predicted octanol–water partition coefficient (Wildman–Crippen LogP) is 4.84. The van der Waals surface area contributed by atoms with Gasteiger partial charge in [-0.05, 0) is 10.8 Å². The second kappa shape index (κ2) is 9.40. The molecule has 0 aromatic carbocycles. The van der Waals surface area contributed by atoms with Crippen molar-refractivity contribution in [3.63, 3.8) is 0 Å². The van der Waals surface area contributed by atoms with E-state index in [1.54, 1.807) is 0 Å². The van der Waals surface area contributed by atoms with Crippen molar-refractivity contribution in [1.82, 2.24) is 0 Å². The van der Waals surface area contributed by atoms with E-state index in [0.29, 0.717) is 0 Å². The molecule has 0 saturated carbocycles. The Bertz CT molecular complexity index is 146. The van der Waals surface area contributed by atoms with Crippen LogP contribution in [0.2, 0.25) is 0 Å². The maximum atomic E-state index is 3.76. The summed E-state index contributed by atoms with van der Waals surface area (Å²) in [7, 11) is 0. The number of allylic oxidation sites excluding steroid dienone is 2. The number of hydrogen-bond acceptors (Lipinski definition) is 0. The van der Waals surface area contributed by atoms with E-state index in [2.05, 4.69) is 54.7 Å². The van der Waals surface area contributed by atoms with Crippen LogP contribution in [0.4, 0.5) is 0 Å². The van der Waals surface area contributed by atoms with Gasteiger partial charge in [0.1, 0.15) is 0 Å². The molecule has 0 aliphatic carbocycles. The van der Waals surface area contributed by atoms with Crippen LogP contribution < -0.4 is 0 Å². The molecule has 92 valence electrons. The van der Waals surface area contributed by atoms with Gasteiger partial charge in [-0.3, -0.25) is 0 Å². The van der Waals surface area contributed by atoms with Crippen molar-refractivity contribution >= 4 is 0 Å². The Morgan fingerprint density at radius 2 is 1.07 bits per heavy atom. The Morgan fingerprint density at radius 1 is 0.867 bits per heavy atom. The zero-order chi connectivity index (χ0) is 11.8.